The van der Waals surface area contributed by atoms with Gasteiger partial charge in [0.2, 0.25) is 0 Å². The summed E-state index contributed by atoms with van der Waals surface area (Å²) in [5.41, 5.74) is 1.40. The minimum atomic E-state index is -0.966. The van der Waals surface area contributed by atoms with Crippen LogP contribution in [0.25, 0.3) is 11.5 Å². The van der Waals surface area contributed by atoms with E-state index < -0.39 is 12.0 Å². The fourth-order valence-corrected chi connectivity index (χ4v) is 1.21. The maximum atomic E-state index is 10.8. The maximum Gasteiger partial charge on any atom is 0.328 e. The van der Waals surface area contributed by atoms with Gasteiger partial charge < -0.3 is 5.11 Å². The van der Waals surface area contributed by atoms with Gasteiger partial charge in [-0.15, -0.1) is 5.10 Å². The van der Waals surface area contributed by atoms with E-state index in [1.54, 1.807) is 12.4 Å². The molecule has 1 N–H and O–H groups in total. The highest BCUT2D eigenvalue weighted by Crippen LogP contribution is 2.12. The first-order valence-corrected chi connectivity index (χ1v) is 5.01. The van der Waals surface area contributed by atoms with Gasteiger partial charge in [-0.3, -0.25) is 0 Å². The number of carbonyl (C=O) groups is 1. The van der Waals surface area contributed by atoms with Gasteiger partial charge >= 0.3 is 5.97 Å². The normalized spacial score (nSPS) is 12.4. The van der Waals surface area contributed by atoms with Gasteiger partial charge in [-0.1, -0.05) is 5.21 Å². The van der Waals surface area contributed by atoms with Crippen molar-refractivity contribution in [2.75, 3.05) is 0 Å². The summed E-state index contributed by atoms with van der Waals surface area (Å²) in [5.74, 6) is -0.536. The van der Waals surface area contributed by atoms with E-state index in [2.05, 4.69) is 20.3 Å². The van der Waals surface area contributed by atoms with Crippen molar-refractivity contribution in [1.29, 1.82) is 0 Å². The molecule has 0 bridgehead atoms. The monoisotopic (exact) mass is 233 g/mol. The molecule has 2 aromatic heterocycles. The molecule has 0 amide bonds. The van der Waals surface area contributed by atoms with Crippen LogP contribution in [0.3, 0.4) is 0 Å². The van der Waals surface area contributed by atoms with Gasteiger partial charge in [0.25, 0.3) is 0 Å². The summed E-state index contributed by atoms with van der Waals surface area (Å²) in [6.45, 7) is 3.41. The largest absolute Gasteiger partial charge is 0.480 e. The molecule has 0 fully saturated rings. The number of aryl methyl sites for hydroxylation is 1. The summed E-state index contributed by atoms with van der Waals surface area (Å²) in [6, 6.07) is -0.762. The highest BCUT2D eigenvalue weighted by atomic mass is 16.4. The van der Waals surface area contributed by atoms with E-state index in [4.69, 9.17) is 5.11 Å². The molecule has 7 nitrogen and oxygen atoms in total. The van der Waals surface area contributed by atoms with E-state index in [1.807, 2.05) is 6.92 Å². The lowest BCUT2D eigenvalue weighted by Crippen LogP contribution is -2.15. The zero-order valence-electron chi connectivity index (χ0n) is 9.40. The van der Waals surface area contributed by atoms with Crippen LogP contribution in [0.4, 0.5) is 0 Å². The van der Waals surface area contributed by atoms with Gasteiger partial charge in [-0.25, -0.2) is 19.4 Å². The Morgan fingerprint density at radius 3 is 2.65 bits per heavy atom. The molecule has 0 aromatic carbocycles. The Morgan fingerprint density at radius 2 is 2.06 bits per heavy atom. The van der Waals surface area contributed by atoms with Crippen molar-refractivity contribution in [2.45, 2.75) is 19.9 Å². The third-order valence-corrected chi connectivity index (χ3v) is 2.27. The van der Waals surface area contributed by atoms with Gasteiger partial charge in [0.15, 0.2) is 5.82 Å². The molecule has 0 radical (unpaired) electrons. The molecule has 0 saturated heterocycles. The van der Waals surface area contributed by atoms with Crippen molar-refractivity contribution in [1.82, 2.24) is 25.0 Å². The van der Waals surface area contributed by atoms with Gasteiger partial charge in [0.05, 0.1) is 6.20 Å². The topological polar surface area (TPSA) is 93.8 Å². The van der Waals surface area contributed by atoms with E-state index in [0.29, 0.717) is 11.5 Å². The Balaban J connectivity index is 2.29. The highest BCUT2D eigenvalue weighted by molar-refractivity contribution is 5.71. The second-order valence-electron chi connectivity index (χ2n) is 3.68. The zero-order chi connectivity index (χ0) is 12.4. The summed E-state index contributed by atoms with van der Waals surface area (Å²) in [4.78, 5) is 19.0. The van der Waals surface area contributed by atoms with Crippen LogP contribution in [-0.4, -0.2) is 36.0 Å². The minimum absolute atomic E-state index is 0.430. The molecule has 2 rings (SSSR count). The average molecular weight is 233 g/mol. The third kappa shape index (κ3) is 2.27. The van der Waals surface area contributed by atoms with Crippen molar-refractivity contribution in [3.63, 3.8) is 0 Å². The van der Waals surface area contributed by atoms with E-state index >= 15 is 0 Å². The number of hydrogen-bond acceptors (Lipinski definition) is 5. The standard InChI is InChI=1S/C10H11N5O2/c1-6-3-11-9(12-4-6)8-5-15(14-13-8)7(2)10(16)17/h3-5,7H,1-2H3,(H,16,17)/t7-/m0/s1. The quantitative estimate of drug-likeness (QED) is 0.838. The maximum absolute atomic E-state index is 10.8. The molecule has 0 aliphatic rings. The lowest BCUT2D eigenvalue weighted by atomic mass is 10.3. The van der Waals surface area contributed by atoms with Crippen molar-refractivity contribution < 1.29 is 9.90 Å². The summed E-state index contributed by atoms with van der Waals surface area (Å²) < 4.78 is 1.26. The van der Waals surface area contributed by atoms with Crippen molar-refractivity contribution in [2.24, 2.45) is 0 Å². The first-order chi connectivity index (χ1) is 8.08. The number of aromatic nitrogens is 5. The SMILES string of the molecule is Cc1cnc(-c2cn([C@@H](C)C(=O)O)nn2)nc1. The van der Waals surface area contributed by atoms with Gasteiger partial charge in [-0.05, 0) is 19.4 Å². The second kappa shape index (κ2) is 4.28. The number of nitrogens with zero attached hydrogens (tertiary/aromatic N) is 5. The molecular weight excluding hydrogens is 222 g/mol. The highest BCUT2D eigenvalue weighted by Gasteiger charge is 2.16. The molecule has 0 aliphatic heterocycles. The lowest BCUT2D eigenvalue weighted by molar-refractivity contribution is -0.140. The fourth-order valence-electron chi connectivity index (χ4n) is 1.21. The third-order valence-electron chi connectivity index (χ3n) is 2.27. The number of rotatable bonds is 3. The van der Waals surface area contributed by atoms with E-state index in [1.165, 1.54) is 17.8 Å². The molecular formula is C10H11N5O2. The first kappa shape index (κ1) is 11.2. The van der Waals surface area contributed by atoms with E-state index in [0.717, 1.165) is 5.56 Å². The van der Waals surface area contributed by atoms with E-state index in [-0.39, 0.29) is 0 Å². The molecule has 7 heteroatoms. The summed E-state index contributed by atoms with van der Waals surface area (Å²) in [5, 5.41) is 16.4. The van der Waals surface area contributed by atoms with Crippen molar-refractivity contribution >= 4 is 5.97 Å². The number of carboxylic acids is 1. The minimum Gasteiger partial charge on any atom is -0.480 e. The second-order valence-corrected chi connectivity index (χ2v) is 3.68. The molecule has 2 aromatic rings. The number of hydrogen-bond donors (Lipinski definition) is 1. The first-order valence-electron chi connectivity index (χ1n) is 5.01. The molecule has 1 atom stereocenters. The Bertz CT molecular complexity index is 534. The fraction of sp³-hybridized carbons (Fsp3) is 0.300. The Morgan fingerprint density at radius 1 is 1.41 bits per heavy atom. The summed E-state index contributed by atoms with van der Waals surface area (Å²) >= 11 is 0. The number of carboxylic acid groups (broad SMARTS) is 1. The Labute approximate surface area is 97.1 Å². The summed E-state index contributed by atoms with van der Waals surface area (Å²) in [6.07, 6.45) is 4.85. The van der Waals surface area contributed by atoms with Gasteiger partial charge in [-0.2, -0.15) is 0 Å². The predicted molar refractivity (Wildman–Crippen MR) is 58.1 cm³/mol. The molecule has 88 valence electrons. The van der Waals surface area contributed by atoms with Crippen LogP contribution in [0.2, 0.25) is 0 Å². The van der Waals surface area contributed by atoms with Crippen LogP contribution in [0.15, 0.2) is 18.6 Å². The molecule has 0 unspecified atom stereocenters. The van der Waals surface area contributed by atoms with Crippen LogP contribution >= 0.6 is 0 Å². The zero-order valence-corrected chi connectivity index (χ0v) is 9.40. The molecule has 0 saturated carbocycles. The number of aliphatic carboxylic acids is 1. The Kier molecular flexibility index (Phi) is 2.82. The van der Waals surface area contributed by atoms with Gasteiger partial charge in [0, 0.05) is 12.4 Å². The van der Waals surface area contributed by atoms with Crippen LogP contribution in [0.1, 0.15) is 18.5 Å². The molecule has 0 aliphatic carbocycles. The lowest BCUT2D eigenvalue weighted by Gasteiger charge is -2.03. The van der Waals surface area contributed by atoms with Crippen LogP contribution in [-0.2, 0) is 4.79 Å². The van der Waals surface area contributed by atoms with Crippen molar-refractivity contribution in [3.8, 4) is 11.5 Å². The van der Waals surface area contributed by atoms with Gasteiger partial charge in [0.1, 0.15) is 11.7 Å². The van der Waals surface area contributed by atoms with Crippen LogP contribution < -0.4 is 0 Å². The van der Waals surface area contributed by atoms with Crippen LogP contribution in [0, 0.1) is 6.92 Å². The molecule has 17 heavy (non-hydrogen) atoms. The molecule has 0 spiro atoms. The Hall–Kier alpha value is -2.31. The van der Waals surface area contributed by atoms with Crippen molar-refractivity contribution in [3.05, 3.63) is 24.2 Å². The smallest absolute Gasteiger partial charge is 0.328 e. The average Bonchev–Trinajstić information content (AvgIpc) is 2.78. The predicted octanol–water partition coefficient (Wildman–Crippen LogP) is 0.689. The summed E-state index contributed by atoms with van der Waals surface area (Å²) in [7, 11) is 0. The van der Waals surface area contributed by atoms with E-state index in [9.17, 15) is 4.79 Å². The molecule has 2 heterocycles. The van der Waals surface area contributed by atoms with Crippen LogP contribution in [0.5, 0.6) is 0 Å².